The van der Waals surface area contributed by atoms with Gasteiger partial charge in [-0.2, -0.15) is 8.42 Å². The Bertz CT molecular complexity index is 679. The van der Waals surface area contributed by atoms with E-state index in [0.717, 1.165) is 20.7 Å². The average molecular weight is 368 g/mol. The summed E-state index contributed by atoms with van der Waals surface area (Å²) >= 11 is 10.2. The molecule has 0 saturated carbocycles. The maximum atomic E-state index is 12.0. The highest BCUT2D eigenvalue weighted by Crippen LogP contribution is 2.31. The van der Waals surface area contributed by atoms with Gasteiger partial charge in [0, 0.05) is 0 Å². The molecule has 0 amide bonds. The van der Waals surface area contributed by atoms with E-state index in [-0.39, 0.29) is 15.0 Å². The van der Waals surface area contributed by atoms with E-state index in [1.54, 1.807) is 24.3 Å². The molecule has 0 N–H and O–H groups in total. The minimum absolute atomic E-state index is 0.131. The van der Waals surface area contributed by atoms with E-state index >= 15 is 0 Å². The fourth-order valence-corrected chi connectivity index (χ4v) is 4.38. The van der Waals surface area contributed by atoms with Crippen LogP contribution in [-0.4, -0.2) is 8.42 Å². The Morgan fingerprint density at radius 2 is 2.00 bits per heavy atom. The normalized spacial score (nSPS) is 11.5. The molecule has 7 heteroatoms. The zero-order chi connectivity index (χ0) is 13.3. The molecule has 0 aliphatic carbocycles. The predicted molar refractivity (Wildman–Crippen MR) is 76.0 cm³/mol. The van der Waals surface area contributed by atoms with Crippen LogP contribution in [0, 0.1) is 6.92 Å². The van der Waals surface area contributed by atoms with Gasteiger partial charge in [-0.15, -0.1) is 11.3 Å². The molecule has 0 spiro atoms. The largest absolute Gasteiger partial charge is 0.377 e. The zero-order valence-corrected chi connectivity index (χ0v) is 13.2. The van der Waals surface area contributed by atoms with Crippen LogP contribution < -0.4 is 4.18 Å². The van der Waals surface area contributed by atoms with Gasteiger partial charge in [-0.05, 0) is 52.7 Å². The van der Waals surface area contributed by atoms with Crippen molar-refractivity contribution in [3.63, 3.8) is 0 Å². The van der Waals surface area contributed by atoms with E-state index in [1.807, 2.05) is 6.92 Å². The summed E-state index contributed by atoms with van der Waals surface area (Å²) in [6.07, 6.45) is 0. The van der Waals surface area contributed by atoms with Crippen molar-refractivity contribution in [3.05, 3.63) is 44.7 Å². The lowest BCUT2D eigenvalue weighted by atomic mass is 10.2. The van der Waals surface area contributed by atoms with Gasteiger partial charge in [-0.25, -0.2) is 0 Å². The summed E-state index contributed by atoms with van der Waals surface area (Å²) in [4.78, 5) is 0. The van der Waals surface area contributed by atoms with Crippen molar-refractivity contribution >= 4 is 49.0 Å². The number of thiophene rings is 1. The molecule has 1 heterocycles. The van der Waals surface area contributed by atoms with Gasteiger partial charge in [0.25, 0.3) is 0 Å². The Morgan fingerprint density at radius 3 is 2.61 bits per heavy atom. The van der Waals surface area contributed by atoms with Crippen molar-refractivity contribution in [1.29, 1.82) is 0 Å². The van der Waals surface area contributed by atoms with Crippen LogP contribution in [0.1, 0.15) is 5.56 Å². The van der Waals surface area contributed by atoms with Gasteiger partial charge in [0.2, 0.25) is 0 Å². The van der Waals surface area contributed by atoms with Crippen molar-refractivity contribution in [2.75, 3.05) is 0 Å². The number of hydrogen-bond donors (Lipinski definition) is 0. The second-order valence-corrected chi connectivity index (χ2v) is 8.17. The Kier molecular flexibility index (Phi) is 4.01. The quantitative estimate of drug-likeness (QED) is 0.762. The number of halogens is 2. The zero-order valence-electron chi connectivity index (χ0n) is 9.18. The number of benzene rings is 1. The molecular weight excluding hydrogens is 360 g/mol. The van der Waals surface area contributed by atoms with Gasteiger partial charge in [-0.3, -0.25) is 0 Å². The minimum Gasteiger partial charge on any atom is -0.377 e. The molecule has 0 radical (unpaired) electrons. The third-order valence-corrected chi connectivity index (χ3v) is 5.70. The molecule has 2 aromatic rings. The van der Waals surface area contributed by atoms with Gasteiger partial charge in [0.1, 0.15) is 0 Å². The summed E-state index contributed by atoms with van der Waals surface area (Å²) in [6.45, 7) is 1.83. The molecule has 0 atom stereocenters. The molecule has 96 valence electrons. The SMILES string of the molecule is Cc1ccc(Cl)c(OS(=O)(=O)c2ccc(Br)s2)c1. The first-order valence-electron chi connectivity index (χ1n) is 4.84. The van der Waals surface area contributed by atoms with Gasteiger partial charge in [0.05, 0.1) is 8.81 Å². The molecule has 2 rings (SSSR count). The topological polar surface area (TPSA) is 43.4 Å². The summed E-state index contributed by atoms with van der Waals surface area (Å²) in [7, 11) is -3.83. The summed E-state index contributed by atoms with van der Waals surface area (Å²) < 4.78 is 29.9. The van der Waals surface area contributed by atoms with Crippen molar-refractivity contribution in [3.8, 4) is 5.75 Å². The van der Waals surface area contributed by atoms with Crippen LogP contribution in [0.25, 0.3) is 0 Å². The highest BCUT2D eigenvalue weighted by atomic mass is 79.9. The highest BCUT2D eigenvalue weighted by molar-refractivity contribution is 9.11. The molecule has 0 aliphatic rings. The van der Waals surface area contributed by atoms with Gasteiger partial charge in [0.15, 0.2) is 9.96 Å². The smallest absolute Gasteiger partial charge is 0.348 e. The van der Waals surface area contributed by atoms with Gasteiger partial charge < -0.3 is 4.18 Å². The Morgan fingerprint density at radius 1 is 1.28 bits per heavy atom. The lowest BCUT2D eigenvalue weighted by Crippen LogP contribution is -2.08. The molecule has 1 aromatic carbocycles. The van der Waals surface area contributed by atoms with Gasteiger partial charge >= 0.3 is 10.1 Å². The standard InChI is InChI=1S/C11H8BrClO3S2/c1-7-2-3-8(13)9(6-7)16-18(14,15)11-5-4-10(12)17-11/h2-6H,1H3. The van der Waals surface area contributed by atoms with E-state index < -0.39 is 10.1 Å². The molecule has 3 nitrogen and oxygen atoms in total. The second kappa shape index (κ2) is 5.21. The monoisotopic (exact) mass is 366 g/mol. The van der Waals surface area contributed by atoms with Crippen molar-refractivity contribution < 1.29 is 12.6 Å². The van der Waals surface area contributed by atoms with Crippen molar-refractivity contribution in [1.82, 2.24) is 0 Å². The number of hydrogen-bond acceptors (Lipinski definition) is 4. The van der Waals surface area contributed by atoms with Crippen LogP contribution in [0.2, 0.25) is 5.02 Å². The Hall–Kier alpha value is -0.560. The van der Waals surface area contributed by atoms with Crippen molar-refractivity contribution in [2.24, 2.45) is 0 Å². The number of aryl methyl sites for hydroxylation is 1. The third-order valence-electron chi connectivity index (χ3n) is 2.08. The third kappa shape index (κ3) is 3.06. The average Bonchev–Trinajstić information content (AvgIpc) is 2.71. The summed E-state index contributed by atoms with van der Waals surface area (Å²) in [5.74, 6) is 0.140. The molecule has 0 fully saturated rings. The first-order chi connectivity index (χ1) is 8.38. The van der Waals surface area contributed by atoms with Crippen LogP contribution in [0.4, 0.5) is 0 Å². The lowest BCUT2D eigenvalue weighted by Gasteiger charge is -2.07. The highest BCUT2D eigenvalue weighted by Gasteiger charge is 2.20. The van der Waals surface area contributed by atoms with Crippen LogP contribution >= 0.6 is 38.9 Å². The predicted octanol–water partition coefficient (Wildman–Crippen LogP) is 4.24. The van der Waals surface area contributed by atoms with E-state index in [4.69, 9.17) is 15.8 Å². The van der Waals surface area contributed by atoms with E-state index in [0.29, 0.717) is 0 Å². The Balaban J connectivity index is 2.36. The summed E-state index contributed by atoms with van der Waals surface area (Å²) in [6, 6.07) is 8.10. The number of rotatable bonds is 3. The minimum atomic E-state index is -3.83. The maximum absolute atomic E-state index is 12.0. The first-order valence-corrected chi connectivity index (χ1v) is 8.24. The van der Waals surface area contributed by atoms with Crippen LogP contribution in [0.15, 0.2) is 38.3 Å². The molecule has 0 unspecified atom stereocenters. The van der Waals surface area contributed by atoms with Crippen LogP contribution in [-0.2, 0) is 10.1 Å². The molecule has 18 heavy (non-hydrogen) atoms. The first kappa shape index (κ1) is 13.9. The molecule has 0 bridgehead atoms. The molecular formula is C11H8BrClO3S2. The molecule has 0 aliphatic heterocycles. The molecule has 1 aromatic heterocycles. The van der Waals surface area contributed by atoms with E-state index in [9.17, 15) is 8.42 Å². The lowest BCUT2D eigenvalue weighted by molar-refractivity contribution is 0.488. The van der Waals surface area contributed by atoms with E-state index in [2.05, 4.69) is 15.9 Å². The fraction of sp³-hybridized carbons (Fsp3) is 0.0909. The van der Waals surface area contributed by atoms with Crippen LogP contribution in [0.3, 0.4) is 0 Å². The second-order valence-electron chi connectivity index (χ2n) is 3.53. The molecule has 0 saturated heterocycles. The summed E-state index contributed by atoms with van der Waals surface area (Å²) in [5, 5.41) is 0.264. The van der Waals surface area contributed by atoms with E-state index in [1.165, 1.54) is 6.07 Å². The Labute approximate surface area is 123 Å². The van der Waals surface area contributed by atoms with Crippen molar-refractivity contribution in [2.45, 2.75) is 11.1 Å². The fourth-order valence-electron chi connectivity index (χ4n) is 1.27. The van der Waals surface area contributed by atoms with Crippen LogP contribution in [0.5, 0.6) is 5.75 Å². The van der Waals surface area contributed by atoms with Gasteiger partial charge in [-0.1, -0.05) is 17.7 Å². The summed E-state index contributed by atoms with van der Waals surface area (Å²) in [5.41, 5.74) is 0.872. The maximum Gasteiger partial charge on any atom is 0.348 e.